The summed E-state index contributed by atoms with van der Waals surface area (Å²) in [5.41, 5.74) is 4.88. The molecule has 7 heteroatoms. The van der Waals surface area contributed by atoms with Gasteiger partial charge < -0.3 is 11.1 Å². The van der Waals surface area contributed by atoms with Crippen molar-refractivity contribution >= 4 is 11.8 Å². The van der Waals surface area contributed by atoms with Crippen molar-refractivity contribution in [3.05, 3.63) is 35.4 Å². The van der Waals surface area contributed by atoms with E-state index < -0.39 is 29.5 Å². The summed E-state index contributed by atoms with van der Waals surface area (Å²) < 4.78 is 26.0. The highest BCUT2D eigenvalue weighted by Crippen LogP contribution is 2.09. The Balaban J connectivity index is 2.75. The molecule has 0 aliphatic carbocycles. The van der Waals surface area contributed by atoms with Crippen LogP contribution in [0.15, 0.2) is 18.2 Å². The summed E-state index contributed by atoms with van der Waals surface area (Å²) >= 11 is 0. The quantitative estimate of drug-likeness (QED) is 0.768. The number of benzene rings is 1. The SMILES string of the molecule is N#CCCC[C@@H](NC(=O)c1cc(F)cc(F)c1)C(N)=O. The lowest BCUT2D eigenvalue weighted by Crippen LogP contribution is -2.44. The summed E-state index contributed by atoms with van der Waals surface area (Å²) in [6.45, 7) is 0. The third-order valence-electron chi connectivity index (χ3n) is 2.55. The molecule has 1 atom stereocenters. The number of carbonyl (C=O) groups excluding carboxylic acids is 2. The largest absolute Gasteiger partial charge is 0.368 e. The maximum Gasteiger partial charge on any atom is 0.252 e. The highest BCUT2D eigenvalue weighted by atomic mass is 19.1. The summed E-state index contributed by atoms with van der Waals surface area (Å²) in [5.74, 6) is -3.36. The van der Waals surface area contributed by atoms with Crippen LogP contribution in [0.1, 0.15) is 29.6 Å². The third kappa shape index (κ3) is 4.65. The van der Waals surface area contributed by atoms with Gasteiger partial charge in [-0.2, -0.15) is 5.26 Å². The topological polar surface area (TPSA) is 96.0 Å². The van der Waals surface area contributed by atoms with Crippen LogP contribution in [-0.4, -0.2) is 17.9 Å². The van der Waals surface area contributed by atoms with E-state index in [1.807, 2.05) is 6.07 Å². The molecule has 1 aromatic carbocycles. The third-order valence-corrected chi connectivity index (χ3v) is 2.55. The van der Waals surface area contributed by atoms with Gasteiger partial charge in [-0.1, -0.05) is 0 Å². The molecule has 5 nitrogen and oxygen atoms in total. The molecule has 0 fully saturated rings. The minimum atomic E-state index is -0.984. The van der Waals surface area contributed by atoms with Crippen LogP contribution in [0.5, 0.6) is 0 Å². The molecule has 0 bridgehead atoms. The van der Waals surface area contributed by atoms with E-state index in [0.717, 1.165) is 12.1 Å². The van der Waals surface area contributed by atoms with Gasteiger partial charge >= 0.3 is 0 Å². The van der Waals surface area contributed by atoms with E-state index >= 15 is 0 Å². The molecule has 0 spiro atoms. The standard InChI is InChI=1S/C13H13F2N3O2/c14-9-5-8(6-10(15)7-9)13(20)18-11(12(17)19)3-1-2-4-16/h5-7,11H,1-3H2,(H2,17,19)(H,18,20)/t11-/m1/s1. The first-order valence-corrected chi connectivity index (χ1v) is 5.87. The second kappa shape index (κ2) is 7.19. The highest BCUT2D eigenvalue weighted by molar-refractivity contribution is 5.97. The van der Waals surface area contributed by atoms with Crippen LogP contribution < -0.4 is 11.1 Å². The van der Waals surface area contributed by atoms with Crippen LogP contribution in [0.25, 0.3) is 0 Å². The number of rotatable bonds is 6. The van der Waals surface area contributed by atoms with Gasteiger partial charge in [-0.25, -0.2) is 8.78 Å². The van der Waals surface area contributed by atoms with E-state index in [1.165, 1.54) is 0 Å². The molecule has 0 unspecified atom stereocenters. The lowest BCUT2D eigenvalue weighted by Gasteiger charge is -2.14. The number of hydrogen-bond acceptors (Lipinski definition) is 3. The van der Waals surface area contributed by atoms with Gasteiger partial charge in [0.1, 0.15) is 17.7 Å². The number of hydrogen-bond donors (Lipinski definition) is 2. The highest BCUT2D eigenvalue weighted by Gasteiger charge is 2.19. The summed E-state index contributed by atoms with van der Waals surface area (Å²) in [6.07, 6.45) is 0.780. The van der Waals surface area contributed by atoms with Gasteiger partial charge in [0, 0.05) is 18.1 Å². The van der Waals surface area contributed by atoms with Crippen molar-refractivity contribution in [1.82, 2.24) is 5.32 Å². The Morgan fingerprint density at radius 2 is 1.90 bits per heavy atom. The molecule has 106 valence electrons. The molecule has 0 radical (unpaired) electrons. The van der Waals surface area contributed by atoms with Crippen molar-refractivity contribution in [2.24, 2.45) is 5.73 Å². The van der Waals surface area contributed by atoms with Gasteiger partial charge in [-0.15, -0.1) is 0 Å². The number of unbranched alkanes of at least 4 members (excludes halogenated alkanes) is 1. The van der Waals surface area contributed by atoms with Crippen LogP contribution >= 0.6 is 0 Å². The van der Waals surface area contributed by atoms with Gasteiger partial charge in [0.15, 0.2) is 0 Å². The second-order valence-electron chi connectivity index (χ2n) is 4.14. The maximum absolute atomic E-state index is 13.0. The molecular weight excluding hydrogens is 268 g/mol. The van der Waals surface area contributed by atoms with Crippen molar-refractivity contribution in [2.45, 2.75) is 25.3 Å². The van der Waals surface area contributed by atoms with Gasteiger partial charge in [0.05, 0.1) is 6.07 Å². The number of nitriles is 1. The Labute approximate surface area is 114 Å². The summed E-state index contributed by atoms with van der Waals surface area (Å²) in [5, 5.41) is 10.7. The molecule has 2 amide bonds. The number of carbonyl (C=O) groups is 2. The molecular formula is C13H13F2N3O2. The van der Waals surface area contributed by atoms with E-state index in [-0.39, 0.29) is 18.4 Å². The van der Waals surface area contributed by atoms with E-state index in [2.05, 4.69) is 5.32 Å². The monoisotopic (exact) mass is 281 g/mol. The van der Waals surface area contributed by atoms with Crippen LogP contribution in [0, 0.1) is 23.0 Å². The number of primary amides is 1. The summed E-state index contributed by atoms with van der Waals surface area (Å²) in [7, 11) is 0. The van der Waals surface area contributed by atoms with Crippen molar-refractivity contribution in [3.63, 3.8) is 0 Å². The lowest BCUT2D eigenvalue weighted by atomic mass is 10.1. The fraction of sp³-hybridized carbons (Fsp3) is 0.308. The Morgan fingerprint density at radius 1 is 1.30 bits per heavy atom. The predicted octanol–water partition coefficient (Wildman–Crippen LogP) is 1.24. The fourth-order valence-electron chi connectivity index (χ4n) is 1.60. The van der Waals surface area contributed by atoms with E-state index in [0.29, 0.717) is 12.5 Å². The first-order chi connectivity index (χ1) is 9.43. The van der Waals surface area contributed by atoms with Crippen LogP contribution in [-0.2, 0) is 4.79 Å². The van der Waals surface area contributed by atoms with Crippen LogP contribution in [0.4, 0.5) is 8.78 Å². The second-order valence-corrected chi connectivity index (χ2v) is 4.14. The fourth-order valence-corrected chi connectivity index (χ4v) is 1.60. The zero-order valence-electron chi connectivity index (χ0n) is 10.5. The minimum Gasteiger partial charge on any atom is -0.368 e. The molecule has 0 heterocycles. The van der Waals surface area contributed by atoms with Crippen LogP contribution in [0.2, 0.25) is 0 Å². The number of nitrogens with zero attached hydrogens (tertiary/aromatic N) is 1. The summed E-state index contributed by atoms with van der Waals surface area (Å²) in [6, 6.07) is 3.25. The van der Waals surface area contributed by atoms with Crippen LogP contribution in [0.3, 0.4) is 0 Å². The van der Waals surface area contributed by atoms with Crippen molar-refractivity contribution in [3.8, 4) is 6.07 Å². The normalized spacial score (nSPS) is 11.4. The van der Waals surface area contributed by atoms with Gasteiger partial charge in [0.2, 0.25) is 5.91 Å². The van der Waals surface area contributed by atoms with Gasteiger partial charge in [-0.05, 0) is 25.0 Å². The average molecular weight is 281 g/mol. The van der Waals surface area contributed by atoms with Gasteiger partial charge in [-0.3, -0.25) is 9.59 Å². The molecule has 1 rings (SSSR count). The maximum atomic E-state index is 13.0. The molecule has 3 N–H and O–H groups in total. The zero-order valence-corrected chi connectivity index (χ0v) is 10.5. The van der Waals surface area contributed by atoms with E-state index in [9.17, 15) is 18.4 Å². The molecule has 20 heavy (non-hydrogen) atoms. The summed E-state index contributed by atoms with van der Waals surface area (Å²) in [4.78, 5) is 23.0. The number of halogens is 2. The Bertz CT molecular complexity index is 535. The van der Waals surface area contributed by atoms with Crippen molar-refractivity contribution < 1.29 is 18.4 Å². The Hall–Kier alpha value is -2.49. The van der Waals surface area contributed by atoms with Gasteiger partial charge in [0.25, 0.3) is 5.91 Å². The number of nitrogens with one attached hydrogen (secondary N) is 1. The number of amides is 2. The molecule has 0 aromatic heterocycles. The number of nitrogens with two attached hydrogens (primary N) is 1. The Kier molecular flexibility index (Phi) is 5.59. The molecule has 0 aliphatic heterocycles. The van der Waals surface area contributed by atoms with E-state index in [4.69, 9.17) is 11.0 Å². The Morgan fingerprint density at radius 3 is 2.40 bits per heavy atom. The van der Waals surface area contributed by atoms with E-state index in [1.54, 1.807) is 0 Å². The molecule has 1 aromatic rings. The van der Waals surface area contributed by atoms with Crippen molar-refractivity contribution in [2.75, 3.05) is 0 Å². The molecule has 0 aliphatic rings. The average Bonchev–Trinajstić information content (AvgIpc) is 2.36. The van der Waals surface area contributed by atoms with Crippen molar-refractivity contribution in [1.29, 1.82) is 5.26 Å². The zero-order chi connectivity index (χ0) is 15.1. The lowest BCUT2D eigenvalue weighted by molar-refractivity contribution is -0.120. The smallest absolute Gasteiger partial charge is 0.252 e. The first-order valence-electron chi connectivity index (χ1n) is 5.87. The first kappa shape index (κ1) is 15.6. The molecule has 0 saturated heterocycles. The predicted molar refractivity (Wildman–Crippen MR) is 66.3 cm³/mol. The molecule has 0 saturated carbocycles. The minimum absolute atomic E-state index is 0.187.